The molecule has 1 rings (SSSR count). The maximum atomic E-state index is 5.22. The molecule has 0 aliphatic rings. The average Bonchev–Trinajstić information content (AvgIpc) is 2.44. The standard InChI is InChI=1S/C12H22N2O/c1-8(2)7-14-9(3)6-12(10(14)4)11(5)15-13/h6,8,11H,7,13H2,1-5H3. The number of nitrogens with two attached hydrogens (primary N) is 1. The van der Waals surface area contributed by atoms with Crippen LogP contribution in [0.25, 0.3) is 0 Å². The number of aryl methyl sites for hydroxylation is 1. The minimum absolute atomic E-state index is 0.0305. The molecule has 2 N–H and O–H groups in total. The minimum atomic E-state index is -0.0305. The van der Waals surface area contributed by atoms with Crippen LogP contribution < -0.4 is 5.90 Å². The monoisotopic (exact) mass is 210 g/mol. The second-order valence-corrected chi connectivity index (χ2v) is 4.61. The van der Waals surface area contributed by atoms with Gasteiger partial charge in [0.1, 0.15) is 6.10 Å². The third-order valence-electron chi connectivity index (χ3n) is 2.80. The van der Waals surface area contributed by atoms with Gasteiger partial charge in [0.2, 0.25) is 0 Å². The van der Waals surface area contributed by atoms with Crippen molar-refractivity contribution in [3.05, 3.63) is 23.0 Å². The fourth-order valence-corrected chi connectivity index (χ4v) is 1.96. The highest BCUT2D eigenvalue weighted by molar-refractivity contribution is 5.28. The zero-order valence-corrected chi connectivity index (χ0v) is 10.4. The topological polar surface area (TPSA) is 40.2 Å². The maximum absolute atomic E-state index is 5.22. The van der Waals surface area contributed by atoms with E-state index in [1.54, 1.807) is 0 Å². The molecule has 1 unspecified atom stereocenters. The molecule has 0 radical (unpaired) electrons. The molecule has 15 heavy (non-hydrogen) atoms. The van der Waals surface area contributed by atoms with Gasteiger partial charge in [-0.1, -0.05) is 13.8 Å². The minimum Gasteiger partial charge on any atom is -0.349 e. The van der Waals surface area contributed by atoms with E-state index in [2.05, 4.69) is 38.3 Å². The van der Waals surface area contributed by atoms with E-state index in [0.29, 0.717) is 5.92 Å². The summed E-state index contributed by atoms with van der Waals surface area (Å²) in [6.45, 7) is 11.7. The van der Waals surface area contributed by atoms with E-state index in [1.165, 1.54) is 17.0 Å². The Kier molecular flexibility index (Phi) is 3.94. The predicted molar refractivity (Wildman–Crippen MR) is 62.4 cm³/mol. The molecule has 1 atom stereocenters. The van der Waals surface area contributed by atoms with Crippen molar-refractivity contribution in [2.75, 3.05) is 0 Å². The molecular weight excluding hydrogens is 188 g/mol. The first-order valence-electron chi connectivity index (χ1n) is 5.49. The molecule has 1 heterocycles. The maximum Gasteiger partial charge on any atom is 0.103 e. The summed E-state index contributed by atoms with van der Waals surface area (Å²) in [6.07, 6.45) is -0.0305. The van der Waals surface area contributed by atoms with E-state index in [-0.39, 0.29) is 6.10 Å². The van der Waals surface area contributed by atoms with Crippen molar-refractivity contribution in [1.82, 2.24) is 4.57 Å². The molecule has 3 heteroatoms. The van der Waals surface area contributed by atoms with Gasteiger partial charge >= 0.3 is 0 Å². The third-order valence-corrected chi connectivity index (χ3v) is 2.80. The van der Waals surface area contributed by atoms with Crippen molar-refractivity contribution in [3.8, 4) is 0 Å². The van der Waals surface area contributed by atoms with Crippen LogP contribution in [0.1, 0.15) is 43.8 Å². The van der Waals surface area contributed by atoms with E-state index in [4.69, 9.17) is 10.7 Å². The highest BCUT2D eigenvalue weighted by Crippen LogP contribution is 2.24. The Bertz CT molecular complexity index is 329. The van der Waals surface area contributed by atoms with Gasteiger partial charge in [-0.3, -0.25) is 4.84 Å². The van der Waals surface area contributed by atoms with Crippen LogP contribution in [0, 0.1) is 19.8 Å². The summed E-state index contributed by atoms with van der Waals surface area (Å²) in [5.41, 5.74) is 3.73. The van der Waals surface area contributed by atoms with E-state index < -0.39 is 0 Å². The highest BCUT2D eigenvalue weighted by atomic mass is 16.6. The largest absolute Gasteiger partial charge is 0.349 e. The van der Waals surface area contributed by atoms with Crippen molar-refractivity contribution >= 4 is 0 Å². The molecule has 0 saturated carbocycles. The normalized spacial score (nSPS) is 13.5. The molecule has 1 aromatic heterocycles. The third kappa shape index (κ3) is 2.61. The lowest BCUT2D eigenvalue weighted by Gasteiger charge is -2.13. The molecule has 0 spiro atoms. The molecule has 86 valence electrons. The van der Waals surface area contributed by atoms with Crippen molar-refractivity contribution < 1.29 is 4.84 Å². The first-order chi connectivity index (χ1) is 6.97. The Morgan fingerprint density at radius 3 is 2.40 bits per heavy atom. The van der Waals surface area contributed by atoms with Crippen LogP contribution in [-0.4, -0.2) is 4.57 Å². The summed E-state index contributed by atoms with van der Waals surface area (Å²) < 4.78 is 2.33. The SMILES string of the molecule is Cc1cc(C(C)ON)c(C)n1CC(C)C. The Morgan fingerprint density at radius 1 is 1.33 bits per heavy atom. The van der Waals surface area contributed by atoms with Gasteiger partial charge in [0.25, 0.3) is 0 Å². The number of nitrogens with zero attached hydrogens (tertiary/aromatic N) is 1. The summed E-state index contributed by atoms with van der Waals surface area (Å²) in [6, 6.07) is 2.16. The zero-order chi connectivity index (χ0) is 11.6. The Labute approximate surface area is 92.2 Å². The van der Waals surface area contributed by atoms with E-state index in [0.717, 1.165) is 6.54 Å². The average molecular weight is 210 g/mol. The van der Waals surface area contributed by atoms with Crippen molar-refractivity contribution in [3.63, 3.8) is 0 Å². The number of aromatic nitrogens is 1. The lowest BCUT2D eigenvalue weighted by molar-refractivity contribution is 0.0659. The fourth-order valence-electron chi connectivity index (χ4n) is 1.96. The smallest absolute Gasteiger partial charge is 0.103 e. The quantitative estimate of drug-likeness (QED) is 0.776. The lowest BCUT2D eigenvalue weighted by Crippen LogP contribution is -2.10. The number of rotatable bonds is 4. The van der Waals surface area contributed by atoms with Crippen LogP contribution in [-0.2, 0) is 11.4 Å². The Hall–Kier alpha value is -0.800. The Morgan fingerprint density at radius 2 is 1.93 bits per heavy atom. The van der Waals surface area contributed by atoms with Crippen LogP contribution in [0.4, 0.5) is 0 Å². The summed E-state index contributed by atoms with van der Waals surface area (Å²) in [5, 5.41) is 0. The molecule has 1 aromatic rings. The van der Waals surface area contributed by atoms with E-state index >= 15 is 0 Å². The predicted octanol–water partition coefficient (Wildman–Crippen LogP) is 2.71. The first kappa shape index (κ1) is 12.3. The van der Waals surface area contributed by atoms with Gasteiger partial charge < -0.3 is 4.57 Å². The molecule has 0 saturated heterocycles. The van der Waals surface area contributed by atoms with Crippen LogP contribution >= 0.6 is 0 Å². The molecular formula is C12H22N2O. The lowest BCUT2D eigenvalue weighted by atomic mass is 10.1. The summed E-state index contributed by atoms with van der Waals surface area (Å²) in [4.78, 5) is 4.88. The molecule has 0 aromatic carbocycles. The summed E-state index contributed by atoms with van der Waals surface area (Å²) in [7, 11) is 0. The van der Waals surface area contributed by atoms with Crippen LogP contribution in [0.15, 0.2) is 6.07 Å². The van der Waals surface area contributed by atoms with Gasteiger partial charge in [0.05, 0.1) is 0 Å². The second-order valence-electron chi connectivity index (χ2n) is 4.61. The van der Waals surface area contributed by atoms with Gasteiger partial charge in [-0.05, 0) is 32.8 Å². The summed E-state index contributed by atoms with van der Waals surface area (Å²) in [5.74, 6) is 5.87. The van der Waals surface area contributed by atoms with Gasteiger partial charge in [-0.2, -0.15) is 0 Å². The number of hydrogen-bond acceptors (Lipinski definition) is 2. The second kappa shape index (κ2) is 4.81. The van der Waals surface area contributed by atoms with E-state index in [9.17, 15) is 0 Å². The molecule has 0 aliphatic heterocycles. The molecule has 0 aliphatic carbocycles. The van der Waals surface area contributed by atoms with Gasteiger partial charge in [-0.15, -0.1) is 0 Å². The van der Waals surface area contributed by atoms with Crippen LogP contribution in [0.5, 0.6) is 0 Å². The first-order valence-corrected chi connectivity index (χ1v) is 5.49. The molecule has 0 bridgehead atoms. The fraction of sp³-hybridized carbons (Fsp3) is 0.667. The summed E-state index contributed by atoms with van der Waals surface area (Å²) >= 11 is 0. The molecule has 0 amide bonds. The van der Waals surface area contributed by atoms with Crippen molar-refractivity contribution in [1.29, 1.82) is 0 Å². The van der Waals surface area contributed by atoms with Crippen molar-refractivity contribution in [2.24, 2.45) is 11.8 Å². The molecule has 0 fully saturated rings. The van der Waals surface area contributed by atoms with Crippen LogP contribution in [0.3, 0.4) is 0 Å². The van der Waals surface area contributed by atoms with Crippen LogP contribution in [0.2, 0.25) is 0 Å². The van der Waals surface area contributed by atoms with Gasteiger partial charge in [0, 0.05) is 23.5 Å². The zero-order valence-electron chi connectivity index (χ0n) is 10.4. The Balaban J connectivity index is 3.03. The van der Waals surface area contributed by atoms with Gasteiger partial charge in [-0.25, -0.2) is 5.90 Å². The van der Waals surface area contributed by atoms with E-state index in [1.807, 2.05) is 6.92 Å². The molecule has 3 nitrogen and oxygen atoms in total. The highest BCUT2D eigenvalue weighted by Gasteiger charge is 2.14. The van der Waals surface area contributed by atoms with Crippen molar-refractivity contribution in [2.45, 2.75) is 47.3 Å². The number of hydrogen-bond donors (Lipinski definition) is 1. The van der Waals surface area contributed by atoms with Gasteiger partial charge in [0.15, 0.2) is 0 Å².